The largest absolute Gasteiger partial charge is 0.508 e. The molecule has 1 amide bonds. The van der Waals surface area contributed by atoms with E-state index < -0.39 is 0 Å². The third kappa shape index (κ3) is 5.07. The first kappa shape index (κ1) is 20.6. The number of nitrogens with zero attached hydrogens (tertiary/aromatic N) is 2. The Morgan fingerprint density at radius 1 is 1.20 bits per heavy atom. The van der Waals surface area contributed by atoms with E-state index in [9.17, 15) is 9.90 Å². The van der Waals surface area contributed by atoms with Gasteiger partial charge in [-0.15, -0.1) is 0 Å². The maximum Gasteiger partial charge on any atom is 0.225 e. The van der Waals surface area contributed by atoms with Crippen molar-refractivity contribution < 1.29 is 9.90 Å². The molecule has 2 atom stereocenters. The molecule has 0 spiro atoms. The molecular formula is C25H31N3O2. The Balaban J connectivity index is 1.58. The summed E-state index contributed by atoms with van der Waals surface area (Å²) in [5.41, 5.74) is 2.59. The molecule has 1 aromatic rings. The number of hydrogen-bond donors (Lipinski definition) is 2. The van der Waals surface area contributed by atoms with Crippen LogP contribution >= 0.6 is 0 Å². The molecule has 0 aliphatic heterocycles. The molecule has 158 valence electrons. The quantitative estimate of drug-likeness (QED) is 0.644. The minimum absolute atomic E-state index is 0.0315. The molecule has 5 heteroatoms. The van der Waals surface area contributed by atoms with E-state index in [4.69, 9.17) is 4.98 Å². The van der Waals surface area contributed by atoms with Crippen LogP contribution in [0.3, 0.4) is 0 Å². The van der Waals surface area contributed by atoms with Crippen molar-refractivity contribution in [3.63, 3.8) is 0 Å². The second-order valence-electron chi connectivity index (χ2n) is 8.82. The van der Waals surface area contributed by atoms with Gasteiger partial charge in [0, 0.05) is 12.3 Å². The van der Waals surface area contributed by atoms with Crippen LogP contribution in [0.15, 0.2) is 48.4 Å². The first-order valence-electron chi connectivity index (χ1n) is 11.2. The van der Waals surface area contributed by atoms with Crippen LogP contribution in [0.2, 0.25) is 0 Å². The Morgan fingerprint density at radius 2 is 2.03 bits per heavy atom. The summed E-state index contributed by atoms with van der Waals surface area (Å²) in [6, 6.07) is 0. The van der Waals surface area contributed by atoms with Crippen molar-refractivity contribution in [2.24, 2.45) is 11.8 Å². The SMILES string of the molecule is CC1C=C(c2nc(C3C=CC(O)=CC3)cnc2NC(=O)CC2CCCCC2)C=CC1. The first-order valence-corrected chi connectivity index (χ1v) is 11.2. The summed E-state index contributed by atoms with van der Waals surface area (Å²) in [6.45, 7) is 2.18. The van der Waals surface area contributed by atoms with E-state index in [-0.39, 0.29) is 17.6 Å². The van der Waals surface area contributed by atoms with Gasteiger partial charge >= 0.3 is 0 Å². The summed E-state index contributed by atoms with van der Waals surface area (Å²) in [6.07, 6.45) is 21.9. The lowest BCUT2D eigenvalue weighted by Crippen LogP contribution is -2.20. The molecule has 1 fully saturated rings. The van der Waals surface area contributed by atoms with Crippen molar-refractivity contribution in [3.8, 4) is 0 Å². The number of rotatable bonds is 5. The molecule has 2 unspecified atom stereocenters. The Kier molecular flexibility index (Phi) is 6.46. The summed E-state index contributed by atoms with van der Waals surface area (Å²) in [7, 11) is 0. The fourth-order valence-electron chi connectivity index (χ4n) is 4.54. The monoisotopic (exact) mass is 405 g/mol. The van der Waals surface area contributed by atoms with Crippen molar-refractivity contribution in [2.45, 2.75) is 64.2 Å². The second-order valence-corrected chi connectivity index (χ2v) is 8.82. The molecule has 3 aliphatic rings. The number of aliphatic hydroxyl groups is 1. The Bertz CT molecular complexity index is 907. The van der Waals surface area contributed by atoms with Gasteiger partial charge in [0.25, 0.3) is 0 Å². The van der Waals surface area contributed by atoms with Crippen molar-refractivity contribution in [2.75, 3.05) is 5.32 Å². The Labute approximate surface area is 178 Å². The highest BCUT2D eigenvalue weighted by molar-refractivity contribution is 5.93. The zero-order chi connectivity index (χ0) is 20.9. The lowest BCUT2D eigenvalue weighted by atomic mass is 9.87. The average Bonchev–Trinajstić information content (AvgIpc) is 2.75. The van der Waals surface area contributed by atoms with Crippen LogP contribution in [0.5, 0.6) is 0 Å². The minimum atomic E-state index is 0.0315. The molecule has 1 heterocycles. The van der Waals surface area contributed by atoms with Crippen molar-refractivity contribution in [3.05, 3.63) is 59.8 Å². The predicted molar refractivity (Wildman–Crippen MR) is 120 cm³/mol. The van der Waals surface area contributed by atoms with E-state index >= 15 is 0 Å². The van der Waals surface area contributed by atoms with Crippen LogP contribution in [0, 0.1) is 11.8 Å². The van der Waals surface area contributed by atoms with Crippen molar-refractivity contribution in [1.29, 1.82) is 0 Å². The van der Waals surface area contributed by atoms with Gasteiger partial charge in [-0.2, -0.15) is 0 Å². The predicted octanol–water partition coefficient (Wildman–Crippen LogP) is 5.85. The molecule has 0 aromatic carbocycles. The fraction of sp³-hybridized carbons (Fsp3) is 0.480. The highest BCUT2D eigenvalue weighted by atomic mass is 16.3. The number of hydrogen-bond acceptors (Lipinski definition) is 4. The van der Waals surface area contributed by atoms with Crippen molar-refractivity contribution >= 4 is 17.3 Å². The number of carbonyl (C=O) groups excluding carboxylic acids is 1. The number of allylic oxidation sites excluding steroid dienone is 7. The van der Waals surface area contributed by atoms with Gasteiger partial charge < -0.3 is 10.4 Å². The summed E-state index contributed by atoms with van der Waals surface area (Å²) in [4.78, 5) is 22.3. The van der Waals surface area contributed by atoms with Gasteiger partial charge in [0.05, 0.1) is 11.9 Å². The van der Waals surface area contributed by atoms with E-state index in [0.717, 1.165) is 36.2 Å². The molecule has 30 heavy (non-hydrogen) atoms. The zero-order valence-electron chi connectivity index (χ0n) is 17.7. The number of aliphatic hydroxyl groups excluding tert-OH is 1. The third-order valence-corrected chi connectivity index (χ3v) is 6.25. The van der Waals surface area contributed by atoms with Gasteiger partial charge in [0.1, 0.15) is 11.5 Å². The Hall–Kier alpha value is -2.69. The molecule has 4 rings (SSSR count). The van der Waals surface area contributed by atoms with Gasteiger partial charge in [-0.25, -0.2) is 9.97 Å². The Morgan fingerprint density at radius 3 is 2.77 bits per heavy atom. The molecule has 0 bridgehead atoms. The van der Waals surface area contributed by atoms with Gasteiger partial charge in [-0.3, -0.25) is 4.79 Å². The van der Waals surface area contributed by atoms with Crippen LogP contribution in [-0.4, -0.2) is 21.0 Å². The average molecular weight is 406 g/mol. The van der Waals surface area contributed by atoms with E-state index in [2.05, 4.69) is 35.5 Å². The zero-order valence-corrected chi connectivity index (χ0v) is 17.7. The van der Waals surface area contributed by atoms with Crippen LogP contribution in [-0.2, 0) is 4.79 Å². The van der Waals surface area contributed by atoms with Crippen molar-refractivity contribution in [1.82, 2.24) is 9.97 Å². The summed E-state index contributed by atoms with van der Waals surface area (Å²) >= 11 is 0. The van der Waals surface area contributed by atoms with Crippen LogP contribution in [0.25, 0.3) is 5.57 Å². The number of nitrogens with one attached hydrogen (secondary N) is 1. The lowest BCUT2D eigenvalue weighted by Gasteiger charge is -2.22. The highest BCUT2D eigenvalue weighted by Crippen LogP contribution is 2.32. The molecule has 1 saturated carbocycles. The number of amides is 1. The molecule has 3 aliphatic carbocycles. The molecule has 2 N–H and O–H groups in total. The van der Waals surface area contributed by atoms with E-state index in [1.807, 2.05) is 6.08 Å². The minimum Gasteiger partial charge on any atom is -0.508 e. The second kappa shape index (κ2) is 9.41. The highest BCUT2D eigenvalue weighted by Gasteiger charge is 2.22. The maximum absolute atomic E-state index is 12.7. The summed E-state index contributed by atoms with van der Waals surface area (Å²) < 4.78 is 0. The molecule has 1 aromatic heterocycles. The van der Waals surface area contributed by atoms with E-state index in [1.54, 1.807) is 18.3 Å². The fourth-order valence-corrected chi connectivity index (χ4v) is 4.54. The summed E-state index contributed by atoms with van der Waals surface area (Å²) in [5.74, 6) is 1.85. The maximum atomic E-state index is 12.7. The number of aromatic nitrogens is 2. The van der Waals surface area contributed by atoms with E-state index in [0.29, 0.717) is 30.5 Å². The summed E-state index contributed by atoms with van der Waals surface area (Å²) in [5, 5.41) is 12.7. The van der Waals surface area contributed by atoms with Crippen LogP contribution in [0.4, 0.5) is 5.82 Å². The normalized spacial score (nSPS) is 24.3. The van der Waals surface area contributed by atoms with Gasteiger partial charge in [0.15, 0.2) is 5.82 Å². The molecular weight excluding hydrogens is 374 g/mol. The van der Waals surface area contributed by atoms with Gasteiger partial charge in [-0.1, -0.05) is 50.5 Å². The first-order chi connectivity index (χ1) is 14.6. The van der Waals surface area contributed by atoms with Gasteiger partial charge in [-0.05, 0) is 55.2 Å². The standard InChI is InChI=1S/C25H31N3O2/c1-17-6-5-9-20(14-17)24-25(28-23(30)15-18-7-3-2-4-8-18)26-16-22(27-24)19-10-12-21(29)13-11-19/h5,9-10,12-14,16-19,29H,2-4,6-8,11,15H2,1H3,(H,26,28,30). The lowest BCUT2D eigenvalue weighted by molar-refractivity contribution is -0.117. The topological polar surface area (TPSA) is 75.1 Å². The molecule has 0 radical (unpaired) electrons. The molecule has 0 saturated heterocycles. The third-order valence-electron chi connectivity index (χ3n) is 6.25. The van der Waals surface area contributed by atoms with Crippen LogP contribution in [0.1, 0.15) is 75.6 Å². The number of carbonyl (C=O) groups is 1. The van der Waals surface area contributed by atoms with Gasteiger partial charge in [0.2, 0.25) is 5.91 Å². The van der Waals surface area contributed by atoms with E-state index in [1.165, 1.54) is 19.3 Å². The smallest absolute Gasteiger partial charge is 0.225 e. The van der Waals surface area contributed by atoms with Crippen LogP contribution < -0.4 is 5.32 Å². The number of anilines is 1. The molecule has 5 nitrogen and oxygen atoms in total.